The lowest BCUT2D eigenvalue weighted by Gasteiger charge is -1.99. The lowest BCUT2D eigenvalue weighted by molar-refractivity contribution is 1.16. The Labute approximate surface area is 96.1 Å². The molecule has 0 aliphatic rings. The van der Waals surface area contributed by atoms with Crippen molar-refractivity contribution in [2.24, 2.45) is 0 Å². The van der Waals surface area contributed by atoms with E-state index < -0.39 is 0 Å². The highest BCUT2D eigenvalue weighted by Crippen LogP contribution is 2.30. The Hall–Kier alpha value is -0.0900. The van der Waals surface area contributed by atoms with E-state index in [0.717, 1.165) is 6.42 Å². The predicted octanol–water partition coefficient (Wildman–Crippen LogP) is 4.38. The summed E-state index contributed by atoms with van der Waals surface area (Å²) in [7, 11) is 0. The van der Waals surface area contributed by atoms with E-state index >= 15 is 0 Å². The highest BCUT2D eigenvalue weighted by molar-refractivity contribution is 14.1. The molecule has 0 atom stereocenters. The van der Waals surface area contributed by atoms with Gasteiger partial charge in [0.1, 0.15) is 0 Å². The monoisotopic (exact) mass is 302 g/mol. The number of hydrogen-bond donors (Lipinski definition) is 0. The van der Waals surface area contributed by atoms with Crippen LogP contribution in [0.25, 0.3) is 10.1 Å². The van der Waals surface area contributed by atoms with Crippen molar-refractivity contribution in [1.29, 1.82) is 0 Å². The number of rotatable bonds is 1. The molecule has 2 heteroatoms. The van der Waals surface area contributed by atoms with Crippen LogP contribution in [0.3, 0.4) is 0 Å². The number of hydrogen-bond acceptors (Lipinski definition) is 1. The minimum atomic E-state index is 1.13. The maximum absolute atomic E-state index is 2.39. The molecule has 1 heterocycles. The second-order valence-electron chi connectivity index (χ2n) is 3.19. The van der Waals surface area contributed by atoms with Crippen molar-refractivity contribution in [1.82, 2.24) is 0 Å². The second-order valence-corrected chi connectivity index (χ2v) is 5.72. The van der Waals surface area contributed by atoms with E-state index in [1.807, 2.05) is 11.3 Å². The molecular formula is C11H11IS. The summed E-state index contributed by atoms with van der Waals surface area (Å²) in [5.74, 6) is 0. The molecule has 2 aromatic rings. The molecule has 0 fully saturated rings. The normalized spacial score (nSPS) is 11.0. The van der Waals surface area contributed by atoms with Gasteiger partial charge in [-0.1, -0.05) is 6.92 Å². The van der Waals surface area contributed by atoms with E-state index in [9.17, 15) is 0 Å². The first kappa shape index (κ1) is 9.46. The summed E-state index contributed by atoms with van der Waals surface area (Å²) in [6, 6.07) is 6.86. The summed E-state index contributed by atoms with van der Waals surface area (Å²) in [6.07, 6.45) is 1.13. The van der Waals surface area contributed by atoms with Gasteiger partial charge in [-0.15, -0.1) is 11.3 Å². The van der Waals surface area contributed by atoms with Crippen molar-refractivity contribution in [2.75, 3.05) is 0 Å². The zero-order valence-electron chi connectivity index (χ0n) is 7.73. The van der Waals surface area contributed by atoms with Crippen LogP contribution in [0.2, 0.25) is 0 Å². The number of benzene rings is 1. The van der Waals surface area contributed by atoms with Gasteiger partial charge in [0.15, 0.2) is 0 Å². The van der Waals surface area contributed by atoms with Crippen LogP contribution >= 0.6 is 33.9 Å². The third-order valence-electron chi connectivity index (χ3n) is 2.19. The Morgan fingerprint density at radius 1 is 1.31 bits per heavy atom. The van der Waals surface area contributed by atoms with E-state index in [2.05, 4.69) is 54.6 Å². The average Bonchev–Trinajstić information content (AvgIpc) is 2.43. The molecule has 0 spiro atoms. The Balaban J connectivity index is 2.80. The van der Waals surface area contributed by atoms with E-state index in [4.69, 9.17) is 0 Å². The van der Waals surface area contributed by atoms with Gasteiger partial charge in [-0.3, -0.25) is 0 Å². The molecular weight excluding hydrogens is 291 g/mol. The summed E-state index contributed by atoms with van der Waals surface area (Å²) in [4.78, 5) is 1.41. The zero-order chi connectivity index (χ0) is 9.42. The van der Waals surface area contributed by atoms with Gasteiger partial charge in [-0.25, -0.2) is 0 Å². The molecule has 13 heavy (non-hydrogen) atoms. The quantitative estimate of drug-likeness (QED) is 0.686. The molecule has 68 valence electrons. The second kappa shape index (κ2) is 3.58. The maximum Gasteiger partial charge on any atom is 0.0358 e. The van der Waals surface area contributed by atoms with Crippen LogP contribution in [0, 0.1) is 10.5 Å². The van der Waals surface area contributed by atoms with Crippen LogP contribution in [-0.4, -0.2) is 0 Å². The Bertz CT molecular complexity index is 443. The third-order valence-corrected chi connectivity index (χ3v) is 3.81. The van der Waals surface area contributed by atoms with Crippen LogP contribution in [0.4, 0.5) is 0 Å². The van der Waals surface area contributed by atoms with Crippen LogP contribution < -0.4 is 0 Å². The van der Waals surface area contributed by atoms with Gasteiger partial charge in [0, 0.05) is 13.1 Å². The largest absolute Gasteiger partial charge is 0.141 e. The van der Waals surface area contributed by atoms with Crippen LogP contribution in [0.5, 0.6) is 0 Å². The van der Waals surface area contributed by atoms with E-state index in [0.29, 0.717) is 0 Å². The summed E-state index contributed by atoms with van der Waals surface area (Å²) in [6.45, 7) is 4.40. The van der Waals surface area contributed by atoms with Crippen molar-refractivity contribution in [3.63, 3.8) is 0 Å². The van der Waals surface area contributed by atoms with Crippen LogP contribution in [0.1, 0.15) is 17.4 Å². The van der Waals surface area contributed by atoms with Gasteiger partial charge in [0.2, 0.25) is 0 Å². The van der Waals surface area contributed by atoms with E-state index in [-0.39, 0.29) is 0 Å². The third kappa shape index (κ3) is 1.74. The number of halogens is 1. The molecule has 2 rings (SSSR count). The van der Waals surface area contributed by atoms with Gasteiger partial charge < -0.3 is 0 Å². The van der Waals surface area contributed by atoms with Crippen LogP contribution in [-0.2, 0) is 6.42 Å². The standard InChI is InChI=1S/C11H11IS/c1-3-8-5-9(12)6-11-10(8)4-7(2)13-11/h4-6H,3H2,1-2H3. The lowest BCUT2D eigenvalue weighted by Crippen LogP contribution is -1.81. The smallest absolute Gasteiger partial charge is 0.0358 e. The molecule has 0 saturated heterocycles. The molecule has 0 amide bonds. The molecule has 0 bridgehead atoms. The maximum atomic E-state index is 2.39. The predicted molar refractivity (Wildman–Crippen MR) is 68.7 cm³/mol. The van der Waals surface area contributed by atoms with Gasteiger partial charge in [-0.2, -0.15) is 0 Å². The summed E-state index contributed by atoms with van der Waals surface area (Å²) < 4.78 is 2.78. The first-order valence-corrected chi connectivity index (χ1v) is 6.29. The van der Waals surface area contributed by atoms with E-state index in [1.165, 1.54) is 24.1 Å². The first-order chi connectivity index (χ1) is 6.20. The fourth-order valence-electron chi connectivity index (χ4n) is 1.59. The summed E-state index contributed by atoms with van der Waals surface area (Å²) in [5.41, 5.74) is 1.48. The number of aryl methyl sites for hydroxylation is 2. The SMILES string of the molecule is CCc1cc(I)cc2sc(C)cc12. The molecule has 0 nitrogen and oxygen atoms in total. The topological polar surface area (TPSA) is 0 Å². The van der Waals surface area contributed by atoms with Gasteiger partial charge in [0.05, 0.1) is 0 Å². The molecule has 0 N–H and O–H groups in total. The molecule has 0 aliphatic carbocycles. The Morgan fingerprint density at radius 2 is 2.08 bits per heavy atom. The fourth-order valence-corrected chi connectivity index (χ4v) is 3.50. The minimum absolute atomic E-state index is 1.13. The highest BCUT2D eigenvalue weighted by Gasteiger charge is 2.04. The first-order valence-electron chi connectivity index (χ1n) is 4.39. The number of thiophene rings is 1. The van der Waals surface area contributed by atoms with E-state index in [1.54, 1.807) is 0 Å². The summed E-state index contributed by atoms with van der Waals surface area (Å²) in [5, 5.41) is 1.45. The molecule has 0 saturated carbocycles. The van der Waals surface area contributed by atoms with Crippen molar-refractivity contribution >= 4 is 44.0 Å². The molecule has 1 aromatic carbocycles. The van der Waals surface area contributed by atoms with Gasteiger partial charge in [0.25, 0.3) is 0 Å². The minimum Gasteiger partial charge on any atom is -0.141 e. The molecule has 0 radical (unpaired) electrons. The molecule has 1 aromatic heterocycles. The van der Waals surface area contributed by atoms with Crippen molar-refractivity contribution in [2.45, 2.75) is 20.3 Å². The number of fused-ring (bicyclic) bond motifs is 1. The molecule has 0 unspecified atom stereocenters. The Morgan fingerprint density at radius 3 is 2.77 bits per heavy atom. The Kier molecular flexibility index (Phi) is 2.60. The van der Waals surface area contributed by atoms with Gasteiger partial charge in [-0.05, 0) is 65.1 Å². The molecule has 0 aliphatic heterocycles. The lowest BCUT2D eigenvalue weighted by atomic mass is 10.1. The fraction of sp³-hybridized carbons (Fsp3) is 0.273. The highest BCUT2D eigenvalue weighted by atomic mass is 127. The zero-order valence-corrected chi connectivity index (χ0v) is 10.7. The van der Waals surface area contributed by atoms with Crippen molar-refractivity contribution in [3.05, 3.63) is 32.2 Å². The van der Waals surface area contributed by atoms with Gasteiger partial charge >= 0.3 is 0 Å². The summed E-state index contributed by atoms with van der Waals surface area (Å²) >= 11 is 4.28. The average molecular weight is 302 g/mol. The van der Waals surface area contributed by atoms with Crippen LogP contribution in [0.15, 0.2) is 18.2 Å². The van der Waals surface area contributed by atoms with Crippen molar-refractivity contribution in [3.8, 4) is 0 Å². The van der Waals surface area contributed by atoms with Crippen molar-refractivity contribution < 1.29 is 0 Å².